The summed E-state index contributed by atoms with van der Waals surface area (Å²) in [6.07, 6.45) is 5.68. The molecule has 1 fully saturated rings. The second-order valence-corrected chi connectivity index (χ2v) is 5.78. The van der Waals surface area contributed by atoms with Gasteiger partial charge in [0.25, 0.3) is 0 Å². The fourth-order valence-corrected chi connectivity index (χ4v) is 2.90. The molecular weight excluding hydrogens is 292 g/mol. The minimum Gasteiger partial charge on any atom is -0.465 e. The van der Waals surface area contributed by atoms with Gasteiger partial charge in [0.2, 0.25) is 0 Å². The molecule has 1 atom stereocenters. The number of nitrogens with one attached hydrogen (secondary N) is 2. The van der Waals surface area contributed by atoms with Gasteiger partial charge in [0.15, 0.2) is 0 Å². The van der Waals surface area contributed by atoms with Crippen molar-refractivity contribution in [3.63, 3.8) is 0 Å². The van der Waals surface area contributed by atoms with Crippen molar-refractivity contribution < 1.29 is 9.21 Å². The molecule has 2 aromatic rings. The molecule has 2 N–H and O–H groups in total. The molecule has 0 aromatic carbocycles. The summed E-state index contributed by atoms with van der Waals surface area (Å²) in [4.78, 5) is 18.4. The molecule has 1 aliphatic rings. The van der Waals surface area contributed by atoms with Crippen molar-refractivity contribution >= 4 is 11.7 Å². The quantitative estimate of drug-likeness (QED) is 0.890. The number of carbonyl (C=O) groups excluding carboxylic acids is 1. The molecule has 0 spiro atoms. The maximum atomic E-state index is 12.1. The number of pyridine rings is 1. The van der Waals surface area contributed by atoms with E-state index in [4.69, 9.17) is 4.42 Å². The number of rotatable bonds is 5. The zero-order valence-electron chi connectivity index (χ0n) is 13.3. The zero-order valence-corrected chi connectivity index (χ0v) is 13.3. The Balaban J connectivity index is 1.61. The molecule has 0 bridgehead atoms. The van der Waals surface area contributed by atoms with Gasteiger partial charge in [0, 0.05) is 24.6 Å². The number of furan rings is 1. The minimum absolute atomic E-state index is 0.0781. The number of urea groups is 1. The van der Waals surface area contributed by atoms with Gasteiger partial charge in [-0.1, -0.05) is 0 Å². The zero-order chi connectivity index (χ0) is 16.1. The summed E-state index contributed by atoms with van der Waals surface area (Å²) in [5, 5.41) is 5.75. The van der Waals surface area contributed by atoms with Crippen molar-refractivity contribution in [1.82, 2.24) is 15.2 Å². The average Bonchev–Trinajstić information content (AvgIpc) is 3.21. The largest absolute Gasteiger partial charge is 0.465 e. The molecule has 0 aliphatic carbocycles. The highest BCUT2D eigenvalue weighted by Gasteiger charge is 2.26. The van der Waals surface area contributed by atoms with E-state index in [-0.39, 0.29) is 12.1 Å². The molecule has 3 heterocycles. The summed E-state index contributed by atoms with van der Waals surface area (Å²) < 4.78 is 5.79. The van der Waals surface area contributed by atoms with Crippen LogP contribution in [0, 0.1) is 6.92 Å². The average molecular weight is 314 g/mol. The molecule has 2 aromatic heterocycles. The summed E-state index contributed by atoms with van der Waals surface area (Å²) in [5.74, 6) is 1.80. The lowest BCUT2D eigenvalue weighted by Gasteiger charge is -2.26. The maximum Gasteiger partial charge on any atom is 0.319 e. The second-order valence-electron chi connectivity index (χ2n) is 5.78. The number of carbonyl (C=O) groups is 1. The fourth-order valence-electron chi connectivity index (χ4n) is 2.90. The van der Waals surface area contributed by atoms with E-state index in [1.165, 1.54) is 12.8 Å². The molecule has 122 valence electrons. The topological polar surface area (TPSA) is 70.4 Å². The molecule has 6 nitrogen and oxygen atoms in total. The lowest BCUT2D eigenvalue weighted by molar-refractivity contribution is 0.205. The Hall–Kier alpha value is -2.34. The summed E-state index contributed by atoms with van der Waals surface area (Å²) in [7, 11) is 0. The smallest absolute Gasteiger partial charge is 0.319 e. The van der Waals surface area contributed by atoms with Crippen LogP contribution in [0.5, 0.6) is 0 Å². The summed E-state index contributed by atoms with van der Waals surface area (Å²) in [6.45, 7) is 4.54. The van der Waals surface area contributed by atoms with Gasteiger partial charge < -0.3 is 15.1 Å². The van der Waals surface area contributed by atoms with Crippen molar-refractivity contribution in [2.24, 2.45) is 0 Å². The number of anilines is 1. The predicted molar refractivity (Wildman–Crippen MR) is 88.3 cm³/mol. The number of nitrogens with zero attached hydrogens (tertiary/aromatic N) is 2. The van der Waals surface area contributed by atoms with Gasteiger partial charge in [-0.05, 0) is 57.1 Å². The van der Waals surface area contributed by atoms with Crippen molar-refractivity contribution in [2.45, 2.75) is 25.8 Å². The molecule has 6 heteroatoms. The Bertz CT molecular complexity index is 635. The highest BCUT2D eigenvalue weighted by Crippen LogP contribution is 2.26. The molecular formula is C17H22N4O2. The molecule has 0 radical (unpaired) electrons. The van der Waals surface area contributed by atoms with E-state index in [0.717, 1.165) is 30.3 Å². The van der Waals surface area contributed by atoms with Gasteiger partial charge in [-0.3, -0.25) is 9.88 Å². The van der Waals surface area contributed by atoms with E-state index in [9.17, 15) is 4.79 Å². The Morgan fingerprint density at radius 3 is 2.65 bits per heavy atom. The van der Waals surface area contributed by atoms with E-state index in [0.29, 0.717) is 6.54 Å². The van der Waals surface area contributed by atoms with Crippen LogP contribution in [0.2, 0.25) is 0 Å². The Morgan fingerprint density at radius 1 is 1.26 bits per heavy atom. The van der Waals surface area contributed by atoms with E-state index in [1.54, 1.807) is 24.5 Å². The Labute approximate surface area is 135 Å². The third kappa shape index (κ3) is 4.10. The Morgan fingerprint density at radius 2 is 2.00 bits per heavy atom. The van der Waals surface area contributed by atoms with Gasteiger partial charge in [0.05, 0.1) is 6.04 Å². The van der Waals surface area contributed by atoms with Gasteiger partial charge in [0.1, 0.15) is 11.5 Å². The summed E-state index contributed by atoms with van der Waals surface area (Å²) in [6, 6.07) is 7.34. The molecule has 2 amide bonds. The second kappa shape index (κ2) is 7.28. The van der Waals surface area contributed by atoms with Crippen LogP contribution in [-0.2, 0) is 0 Å². The first kappa shape index (κ1) is 15.6. The number of hydrogen-bond acceptors (Lipinski definition) is 4. The van der Waals surface area contributed by atoms with Gasteiger partial charge >= 0.3 is 6.03 Å². The lowest BCUT2D eigenvalue weighted by atomic mass is 10.2. The van der Waals surface area contributed by atoms with E-state index in [2.05, 4.69) is 20.5 Å². The van der Waals surface area contributed by atoms with Crippen molar-refractivity contribution in [1.29, 1.82) is 0 Å². The van der Waals surface area contributed by atoms with Crippen molar-refractivity contribution in [2.75, 3.05) is 25.0 Å². The monoisotopic (exact) mass is 314 g/mol. The molecule has 1 aliphatic heterocycles. The molecule has 1 saturated heterocycles. The van der Waals surface area contributed by atoms with Crippen LogP contribution < -0.4 is 10.6 Å². The van der Waals surface area contributed by atoms with Crippen LogP contribution in [0.3, 0.4) is 0 Å². The standard InChI is InChI=1S/C17H22N4O2/c1-13-4-5-16(23-13)15(21-10-2-3-11-21)12-19-17(22)20-14-6-8-18-9-7-14/h4-9,15H,2-3,10-12H2,1H3,(H2,18,19,20,22)/t15-/m0/s1. The van der Waals surface area contributed by atoms with E-state index < -0.39 is 0 Å². The molecule has 23 heavy (non-hydrogen) atoms. The van der Waals surface area contributed by atoms with Crippen LogP contribution in [0.25, 0.3) is 0 Å². The predicted octanol–water partition coefficient (Wildman–Crippen LogP) is 2.94. The van der Waals surface area contributed by atoms with Crippen LogP contribution >= 0.6 is 0 Å². The highest BCUT2D eigenvalue weighted by molar-refractivity contribution is 5.89. The SMILES string of the molecule is Cc1ccc([C@H](CNC(=O)Nc2ccncc2)N2CCCC2)o1. The summed E-state index contributed by atoms with van der Waals surface area (Å²) >= 11 is 0. The number of hydrogen-bond donors (Lipinski definition) is 2. The third-order valence-corrected chi connectivity index (χ3v) is 4.07. The van der Waals surface area contributed by atoms with Crippen LogP contribution in [-0.4, -0.2) is 35.5 Å². The van der Waals surface area contributed by atoms with Gasteiger partial charge in [-0.2, -0.15) is 0 Å². The van der Waals surface area contributed by atoms with Crippen molar-refractivity contribution in [3.05, 3.63) is 48.2 Å². The first-order chi connectivity index (χ1) is 11.2. The summed E-state index contributed by atoms with van der Waals surface area (Å²) in [5.41, 5.74) is 0.726. The first-order valence-corrected chi connectivity index (χ1v) is 7.97. The molecule has 0 saturated carbocycles. The van der Waals surface area contributed by atoms with Crippen molar-refractivity contribution in [3.8, 4) is 0 Å². The Kier molecular flexibility index (Phi) is 4.92. The highest BCUT2D eigenvalue weighted by atomic mass is 16.3. The number of aromatic nitrogens is 1. The van der Waals surface area contributed by atoms with Crippen LogP contribution in [0.4, 0.5) is 10.5 Å². The molecule has 3 rings (SSSR count). The van der Waals surface area contributed by atoms with E-state index in [1.807, 2.05) is 19.1 Å². The van der Waals surface area contributed by atoms with Gasteiger partial charge in [-0.15, -0.1) is 0 Å². The van der Waals surface area contributed by atoms with Gasteiger partial charge in [-0.25, -0.2) is 4.79 Å². The fraction of sp³-hybridized carbons (Fsp3) is 0.412. The number of likely N-dealkylation sites (tertiary alicyclic amines) is 1. The molecule has 0 unspecified atom stereocenters. The van der Waals surface area contributed by atoms with E-state index >= 15 is 0 Å². The third-order valence-electron chi connectivity index (χ3n) is 4.07. The lowest BCUT2D eigenvalue weighted by Crippen LogP contribution is -2.38. The normalized spacial score (nSPS) is 16.2. The first-order valence-electron chi connectivity index (χ1n) is 7.97. The van der Waals surface area contributed by atoms with Crippen LogP contribution in [0.1, 0.15) is 30.4 Å². The number of aryl methyl sites for hydroxylation is 1. The van der Waals surface area contributed by atoms with Crippen LogP contribution in [0.15, 0.2) is 41.1 Å². The maximum absolute atomic E-state index is 12.1. The number of amides is 2. The minimum atomic E-state index is -0.219.